The average Bonchev–Trinajstić information content (AvgIpc) is 3.64. The van der Waals surface area contributed by atoms with Gasteiger partial charge in [-0.3, -0.25) is 9.59 Å². The van der Waals surface area contributed by atoms with E-state index in [0.29, 0.717) is 50.0 Å². The molecule has 2 atom stereocenters. The van der Waals surface area contributed by atoms with Crippen LogP contribution in [0.1, 0.15) is 73.3 Å². The standard InChI is InChI=1S/C32H34FN5O3/c33-23-9-11-24(12-10-23)38-19-28(21-5-7-22(8-6-21)31(41)37-17-13-25(39)14-18-37)29(36-38)26-3-1-2-4-27(26)30(40)35-32(20-34)15-16-32/h5-12,19,25-27,39H,1-4,13-18H2,(H,35,40). The molecule has 9 heteroatoms. The van der Waals surface area contributed by atoms with Crippen molar-refractivity contribution in [3.63, 3.8) is 0 Å². The highest BCUT2D eigenvalue weighted by atomic mass is 19.1. The fourth-order valence-corrected chi connectivity index (χ4v) is 6.14. The molecule has 41 heavy (non-hydrogen) atoms. The molecule has 212 valence electrons. The van der Waals surface area contributed by atoms with Crippen LogP contribution in [0, 0.1) is 23.1 Å². The van der Waals surface area contributed by atoms with Crippen molar-refractivity contribution >= 4 is 11.8 Å². The van der Waals surface area contributed by atoms with Crippen LogP contribution < -0.4 is 5.32 Å². The number of aliphatic hydroxyl groups is 1. The Morgan fingerprint density at radius 3 is 2.34 bits per heavy atom. The zero-order valence-electron chi connectivity index (χ0n) is 22.9. The minimum absolute atomic E-state index is 0.0544. The van der Waals surface area contributed by atoms with Crippen molar-refractivity contribution in [2.45, 2.75) is 68.9 Å². The van der Waals surface area contributed by atoms with Gasteiger partial charge in [0.2, 0.25) is 5.91 Å². The third kappa shape index (κ3) is 5.62. The summed E-state index contributed by atoms with van der Waals surface area (Å²) in [5, 5.41) is 27.3. The molecule has 3 fully saturated rings. The van der Waals surface area contributed by atoms with E-state index in [-0.39, 0.29) is 35.6 Å². The fourth-order valence-electron chi connectivity index (χ4n) is 6.14. The van der Waals surface area contributed by atoms with E-state index in [1.165, 1.54) is 12.1 Å². The number of carbonyl (C=O) groups excluding carboxylic acids is 2. The predicted octanol–water partition coefficient (Wildman–Crippen LogP) is 4.72. The second-order valence-corrected chi connectivity index (χ2v) is 11.6. The van der Waals surface area contributed by atoms with E-state index in [2.05, 4.69) is 11.4 Å². The summed E-state index contributed by atoms with van der Waals surface area (Å²) in [6.45, 7) is 1.07. The Balaban J connectivity index is 1.33. The van der Waals surface area contributed by atoms with Gasteiger partial charge in [-0.05, 0) is 80.5 Å². The molecule has 2 unspecified atom stereocenters. The highest BCUT2D eigenvalue weighted by Gasteiger charge is 2.47. The minimum Gasteiger partial charge on any atom is -0.393 e. The van der Waals surface area contributed by atoms with Crippen molar-refractivity contribution in [2.75, 3.05) is 13.1 Å². The number of hydrogen-bond acceptors (Lipinski definition) is 5. The van der Waals surface area contributed by atoms with Gasteiger partial charge < -0.3 is 15.3 Å². The normalized spacial score (nSPS) is 22.1. The SMILES string of the molecule is N#CC1(NC(=O)C2CCCCC2c2nn(-c3ccc(F)cc3)cc2-c2ccc(C(=O)N3CCC(O)CC3)cc2)CC1. The van der Waals surface area contributed by atoms with Gasteiger partial charge in [-0.2, -0.15) is 10.4 Å². The number of hydrogen-bond donors (Lipinski definition) is 2. The van der Waals surface area contributed by atoms with Crippen molar-refractivity contribution in [1.82, 2.24) is 20.0 Å². The van der Waals surface area contributed by atoms with Crippen LogP contribution in [0.15, 0.2) is 54.7 Å². The molecule has 3 aromatic rings. The number of aromatic nitrogens is 2. The smallest absolute Gasteiger partial charge is 0.253 e. The predicted molar refractivity (Wildman–Crippen MR) is 151 cm³/mol. The number of nitrogens with zero attached hydrogens (tertiary/aromatic N) is 4. The minimum atomic E-state index is -0.732. The summed E-state index contributed by atoms with van der Waals surface area (Å²) in [7, 11) is 0. The summed E-state index contributed by atoms with van der Waals surface area (Å²) < 4.78 is 15.4. The molecule has 0 bridgehead atoms. The summed E-state index contributed by atoms with van der Waals surface area (Å²) >= 11 is 0. The van der Waals surface area contributed by atoms with Crippen molar-refractivity contribution in [1.29, 1.82) is 5.26 Å². The lowest BCUT2D eigenvalue weighted by molar-refractivity contribution is -0.127. The third-order valence-corrected chi connectivity index (χ3v) is 8.81. The first-order chi connectivity index (χ1) is 19.9. The first kappa shape index (κ1) is 27.2. The molecule has 6 rings (SSSR count). The van der Waals surface area contributed by atoms with E-state index in [1.54, 1.807) is 21.7 Å². The third-order valence-electron chi connectivity index (χ3n) is 8.81. The second-order valence-electron chi connectivity index (χ2n) is 11.6. The molecule has 0 radical (unpaired) electrons. The van der Waals surface area contributed by atoms with Crippen molar-refractivity contribution < 1.29 is 19.1 Å². The van der Waals surface area contributed by atoms with Gasteiger partial charge in [-0.25, -0.2) is 9.07 Å². The van der Waals surface area contributed by atoms with Crippen LogP contribution in [0.25, 0.3) is 16.8 Å². The van der Waals surface area contributed by atoms with Crippen molar-refractivity contribution in [3.05, 3.63) is 71.8 Å². The highest BCUT2D eigenvalue weighted by Crippen LogP contribution is 2.43. The first-order valence-corrected chi connectivity index (χ1v) is 14.5. The van der Waals surface area contributed by atoms with E-state index in [1.807, 2.05) is 30.5 Å². The van der Waals surface area contributed by atoms with Crippen LogP contribution >= 0.6 is 0 Å². The Kier molecular flexibility index (Phi) is 7.35. The van der Waals surface area contributed by atoms with E-state index in [4.69, 9.17) is 5.10 Å². The summed E-state index contributed by atoms with van der Waals surface area (Å²) in [5.74, 6) is -0.929. The van der Waals surface area contributed by atoms with Gasteiger partial charge in [0.15, 0.2) is 0 Å². The van der Waals surface area contributed by atoms with Crippen LogP contribution in [0.4, 0.5) is 4.39 Å². The number of piperidine rings is 1. The molecule has 2 saturated carbocycles. The number of rotatable bonds is 6. The number of nitriles is 1. The monoisotopic (exact) mass is 555 g/mol. The maximum absolute atomic E-state index is 13.7. The van der Waals surface area contributed by atoms with Gasteiger partial charge in [0.05, 0.1) is 23.6 Å². The molecule has 2 aromatic carbocycles. The Hall–Kier alpha value is -4.03. The molecule has 0 spiro atoms. The molecule has 1 aromatic heterocycles. The van der Waals surface area contributed by atoms with E-state index in [0.717, 1.165) is 42.5 Å². The van der Waals surface area contributed by atoms with Gasteiger partial charge in [0.25, 0.3) is 5.91 Å². The molecule has 8 nitrogen and oxygen atoms in total. The summed E-state index contributed by atoms with van der Waals surface area (Å²) in [5.41, 5.74) is 3.08. The largest absolute Gasteiger partial charge is 0.393 e. The topological polar surface area (TPSA) is 111 Å². The van der Waals surface area contributed by atoms with Crippen LogP contribution in [0.3, 0.4) is 0 Å². The van der Waals surface area contributed by atoms with Gasteiger partial charge in [0, 0.05) is 42.2 Å². The van der Waals surface area contributed by atoms with E-state index >= 15 is 0 Å². The zero-order chi connectivity index (χ0) is 28.6. The van der Waals surface area contributed by atoms with Crippen molar-refractivity contribution in [3.8, 4) is 22.9 Å². The number of benzene rings is 2. The molecule has 2 amide bonds. The number of aliphatic hydroxyl groups excluding tert-OH is 1. The van der Waals surface area contributed by atoms with Gasteiger partial charge >= 0.3 is 0 Å². The summed E-state index contributed by atoms with van der Waals surface area (Å²) in [6, 6.07) is 15.8. The van der Waals surface area contributed by atoms with Crippen LogP contribution in [-0.4, -0.2) is 56.3 Å². The van der Waals surface area contributed by atoms with Gasteiger partial charge in [0.1, 0.15) is 11.4 Å². The van der Waals surface area contributed by atoms with Gasteiger partial charge in [-0.15, -0.1) is 0 Å². The maximum atomic E-state index is 13.7. The Morgan fingerprint density at radius 2 is 1.68 bits per heavy atom. The molecule has 1 aliphatic heterocycles. The van der Waals surface area contributed by atoms with E-state index < -0.39 is 5.54 Å². The zero-order valence-corrected chi connectivity index (χ0v) is 22.9. The summed E-state index contributed by atoms with van der Waals surface area (Å²) in [6.07, 6.45) is 7.51. The number of carbonyl (C=O) groups is 2. The average molecular weight is 556 g/mol. The van der Waals surface area contributed by atoms with Crippen molar-refractivity contribution in [2.24, 2.45) is 5.92 Å². The Bertz CT molecular complexity index is 1460. The lowest BCUT2D eigenvalue weighted by Crippen LogP contribution is -2.42. The molecular weight excluding hydrogens is 521 g/mol. The molecule has 3 aliphatic rings. The maximum Gasteiger partial charge on any atom is 0.253 e. The molecule has 2 aliphatic carbocycles. The second kappa shape index (κ2) is 11.1. The highest BCUT2D eigenvalue weighted by molar-refractivity contribution is 5.95. The lowest BCUT2D eigenvalue weighted by atomic mass is 9.75. The quantitative estimate of drug-likeness (QED) is 0.457. The van der Waals surface area contributed by atoms with Crippen LogP contribution in [0.2, 0.25) is 0 Å². The summed E-state index contributed by atoms with van der Waals surface area (Å²) in [4.78, 5) is 28.3. The number of halogens is 1. The molecule has 1 saturated heterocycles. The first-order valence-electron chi connectivity index (χ1n) is 14.5. The number of likely N-dealkylation sites (tertiary alicyclic amines) is 1. The fraction of sp³-hybridized carbons (Fsp3) is 0.438. The molecule has 2 N–H and O–H groups in total. The number of amides is 2. The van der Waals surface area contributed by atoms with E-state index in [9.17, 15) is 24.3 Å². The molecule has 2 heterocycles. The number of nitrogens with one attached hydrogen (secondary N) is 1. The lowest BCUT2D eigenvalue weighted by Gasteiger charge is -2.31. The van der Waals surface area contributed by atoms with Crippen LogP contribution in [0.5, 0.6) is 0 Å². The molecular formula is C32H34FN5O3. The van der Waals surface area contributed by atoms with Crippen LogP contribution in [-0.2, 0) is 4.79 Å². The Labute approximate surface area is 238 Å². The Morgan fingerprint density at radius 1 is 1.00 bits per heavy atom. The van der Waals surface area contributed by atoms with Gasteiger partial charge in [-0.1, -0.05) is 25.0 Å².